The zero-order valence-electron chi connectivity index (χ0n) is 15.6. The summed E-state index contributed by atoms with van der Waals surface area (Å²) in [5.41, 5.74) is 4.50. The quantitative estimate of drug-likeness (QED) is 0.327. The molecule has 2 aromatic carbocycles. The summed E-state index contributed by atoms with van der Waals surface area (Å²) >= 11 is 0. The maximum atomic E-state index is 2.48. The number of rotatable bonds is 2. The average molecular weight is 438 g/mol. The van der Waals surface area contributed by atoms with Crippen LogP contribution in [0.25, 0.3) is 0 Å². The Balaban J connectivity index is -0.00000110. The molecular weight excluding hydrogens is 411 g/mol. The fourth-order valence-corrected chi connectivity index (χ4v) is 6.24. The fourth-order valence-electron chi connectivity index (χ4n) is 3.11. The topological polar surface area (TPSA) is 0 Å². The third-order valence-electron chi connectivity index (χ3n) is 4.24. The molecule has 0 saturated carbocycles. The molecule has 0 radical (unpaired) electrons. The molecule has 2 aromatic rings. The van der Waals surface area contributed by atoms with E-state index in [9.17, 15) is 0 Å². The largest absolute Gasteiger partial charge is 4.00 e. The molecule has 5 heteroatoms. The van der Waals surface area contributed by atoms with Gasteiger partial charge >= 0.3 is 21.7 Å². The summed E-state index contributed by atoms with van der Waals surface area (Å²) in [5.74, 6) is 0. The van der Waals surface area contributed by atoms with Gasteiger partial charge in [0.2, 0.25) is 0 Å². The number of benzene rings is 1. The molecule has 0 aliphatic heterocycles. The van der Waals surface area contributed by atoms with Crippen molar-refractivity contribution >= 4 is 18.4 Å². The minimum absolute atomic E-state index is 0. The van der Waals surface area contributed by atoms with Crippen molar-refractivity contribution in [2.45, 2.75) is 53.1 Å². The van der Waals surface area contributed by atoms with E-state index in [1.165, 1.54) is 16.7 Å². The van der Waals surface area contributed by atoms with Crippen LogP contribution in [0.1, 0.15) is 37.5 Å². The van der Waals surface area contributed by atoms with Crippen molar-refractivity contribution in [3.63, 3.8) is 0 Å². The average Bonchev–Trinajstić information content (AvgIpc) is 2.76. The molecule has 2 rings (SSSR count). The van der Waals surface area contributed by atoms with Crippen LogP contribution in [-0.2, 0) is 27.1 Å². The number of hydrogen-bond donors (Lipinski definition) is 0. The van der Waals surface area contributed by atoms with Crippen LogP contribution in [0.3, 0.4) is 0 Å². The van der Waals surface area contributed by atoms with Gasteiger partial charge in [-0.1, -0.05) is 68.4 Å². The van der Waals surface area contributed by atoms with E-state index < -0.39 is 8.07 Å². The summed E-state index contributed by atoms with van der Waals surface area (Å²) in [6.45, 7) is 16.3. The Morgan fingerprint density at radius 2 is 1.33 bits per heavy atom. The first-order valence-corrected chi connectivity index (χ1v) is 10.5. The summed E-state index contributed by atoms with van der Waals surface area (Å²) in [4.78, 5) is 0. The van der Waals surface area contributed by atoms with Gasteiger partial charge in [0.15, 0.2) is 0 Å². The first-order chi connectivity index (χ1) is 9.12. The molecule has 132 valence electrons. The van der Waals surface area contributed by atoms with E-state index in [4.69, 9.17) is 0 Å². The molecule has 0 N–H and O–H groups in total. The van der Waals surface area contributed by atoms with Gasteiger partial charge in [0, 0.05) is 0 Å². The molecule has 0 aliphatic rings. The summed E-state index contributed by atoms with van der Waals surface area (Å²) in [6.07, 6.45) is 0. The fraction of sp³-hybridized carbons (Fsp3) is 0.421. The third kappa shape index (κ3) is 6.27. The van der Waals surface area contributed by atoms with Crippen LogP contribution in [0.4, 0.5) is 0 Å². The second kappa shape index (κ2) is 10.5. The van der Waals surface area contributed by atoms with E-state index in [1.807, 2.05) is 0 Å². The van der Waals surface area contributed by atoms with Gasteiger partial charge in [-0.05, 0) is 19.3 Å². The number of hydrogen-bond acceptors (Lipinski definition) is 0. The van der Waals surface area contributed by atoms with E-state index in [0.29, 0.717) is 0 Å². The van der Waals surface area contributed by atoms with Crippen molar-refractivity contribution in [2.24, 2.45) is 0 Å². The van der Waals surface area contributed by atoms with Crippen LogP contribution in [0, 0.1) is 13.8 Å². The smallest absolute Gasteiger partial charge is 1.00 e. The molecule has 0 aliphatic carbocycles. The summed E-state index contributed by atoms with van der Waals surface area (Å²) in [7, 11) is -1.62. The van der Waals surface area contributed by atoms with Crippen molar-refractivity contribution in [1.82, 2.24) is 0 Å². The van der Waals surface area contributed by atoms with Crippen LogP contribution in [-0.4, -0.2) is 8.07 Å². The molecule has 24 heavy (non-hydrogen) atoms. The van der Waals surface area contributed by atoms with Crippen molar-refractivity contribution in [2.75, 3.05) is 0 Å². The Kier molecular flexibility index (Phi) is 12.8. The van der Waals surface area contributed by atoms with E-state index in [2.05, 4.69) is 84.1 Å². The van der Waals surface area contributed by atoms with E-state index in [-0.39, 0.29) is 64.4 Å². The molecule has 0 saturated heterocycles. The summed E-state index contributed by atoms with van der Waals surface area (Å²) in [6, 6.07) is 13.9. The van der Waals surface area contributed by atoms with Gasteiger partial charge < -0.3 is 37.2 Å². The monoisotopic (exact) mass is 436 g/mol. The van der Waals surface area contributed by atoms with Crippen LogP contribution in [0.15, 0.2) is 36.4 Å². The van der Waals surface area contributed by atoms with Crippen molar-refractivity contribution in [3.05, 3.63) is 53.1 Å². The second-order valence-electron chi connectivity index (χ2n) is 7.60. The Hall–Kier alpha value is 0.371. The third-order valence-corrected chi connectivity index (χ3v) is 7.76. The Labute approximate surface area is 182 Å². The van der Waals surface area contributed by atoms with Gasteiger partial charge in [-0.3, -0.25) is 0 Å². The van der Waals surface area contributed by atoms with Gasteiger partial charge in [-0.25, -0.2) is 12.1 Å². The molecule has 0 amide bonds. The number of halogens is 3. The van der Waals surface area contributed by atoms with E-state index in [0.717, 1.165) is 0 Å². The van der Waals surface area contributed by atoms with Crippen molar-refractivity contribution < 1.29 is 58.9 Å². The molecule has 0 spiro atoms. The maximum Gasteiger partial charge on any atom is 4.00 e. The van der Waals surface area contributed by atoms with Crippen molar-refractivity contribution in [3.8, 4) is 0 Å². The zero-order valence-corrected chi connectivity index (χ0v) is 20.4. The van der Waals surface area contributed by atoms with Gasteiger partial charge in [0.25, 0.3) is 0 Å². The zero-order chi connectivity index (χ0) is 15.1. The molecule has 0 fully saturated rings. The predicted molar refractivity (Wildman–Crippen MR) is 93.4 cm³/mol. The van der Waals surface area contributed by atoms with Crippen LogP contribution in [0.2, 0.25) is 13.1 Å². The Morgan fingerprint density at radius 3 is 1.75 bits per heavy atom. The molecule has 0 atom stereocenters. The molecule has 0 bridgehead atoms. The van der Waals surface area contributed by atoms with Crippen LogP contribution in [0.5, 0.6) is 0 Å². The minimum Gasteiger partial charge on any atom is -1.00 e. The standard InChI is InChI=1S/C19H27Si.3ClH.Ti/c1-14-11-15(2)13-16(12-14)20(6,7)18-10-8-9-17(18)19(3,4)5;;;;/h8-13H,1-7H3;3*1H;/q-1;;;;+4/p-3. The van der Waals surface area contributed by atoms with Crippen LogP contribution >= 0.6 is 0 Å². The van der Waals surface area contributed by atoms with Crippen molar-refractivity contribution in [1.29, 1.82) is 0 Å². The predicted octanol–water partition coefficient (Wildman–Crippen LogP) is -4.85. The molecule has 0 heterocycles. The first-order valence-electron chi connectivity index (χ1n) is 7.48. The van der Waals surface area contributed by atoms with E-state index in [1.54, 1.807) is 10.4 Å². The van der Waals surface area contributed by atoms with Gasteiger partial charge in [0.05, 0.1) is 8.07 Å². The summed E-state index contributed by atoms with van der Waals surface area (Å²) in [5, 5.41) is 3.14. The first kappa shape index (κ1) is 29.1. The second-order valence-corrected chi connectivity index (χ2v) is 12.0. The Bertz CT molecular complexity index is 608. The normalized spacial score (nSPS) is 10.6. The SMILES string of the molecule is Cc1cc(C)cc([Si](C)(C)[c-]2cccc2C(C)(C)C)c1.[Cl-].[Cl-].[Cl-].[Ti+4]. The van der Waals surface area contributed by atoms with E-state index >= 15 is 0 Å². The van der Waals surface area contributed by atoms with Gasteiger partial charge in [-0.2, -0.15) is 16.8 Å². The molecule has 0 nitrogen and oxygen atoms in total. The van der Waals surface area contributed by atoms with Gasteiger partial charge in [0.1, 0.15) is 0 Å². The summed E-state index contributed by atoms with van der Waals surface area (Å²) < 4.78 is 0. The Morgan fingerprint density at radius 1 is 0.875 bits per heavy atom. The maximum absolute atomic E-state index is 2.48. The molecule has 0 unspecified atom stereocenters. The minimum atomic E-state index is -1.62. The number of aryl methyl sites for hydroxylation is 2. The van der Waals surface area contributed by atoms with Crippen LogP contribution < -0.4 is 47.6 Å². The molecular formula is C19H27Cl3SiTi. The van der Waals surface area contributed by atoms with Gasteiger partial charge in [-0.15, -0.1) is 0 Å². The molecule has 0 aromatic heterocycles.